The average molecular weight is 615 g/mol. The molecular weight excluding hydrogens is 564 g/mol. The van der Waals surface area contributed by atoms with Crippen LogP contribution in [0, 0.1) is 5.92 Å². The normalized spacial score (nSPS) is 14.8. The Labute approximate surface area is 261 Å². The number of aryl methyl sites for hydroxylation is 1. The van der Waals surface area contributed by atoms with Crippen LogP contribution in [-0.4, -0.2) is 85.7 Å². The molecule has 0 amide bonds. The number of aliphatic hydroxyl groups is 1. The van der Waals surface area contributed by atoms with Crippen molar-refractivity contribution in [1.82, 2.24) is 30.8 Å². The lowest BCUT2D eigenvalue weighted by Crippen LogP contribution is -2.28. The number of aromatic nitrogens is 2. The van der Waals surface area contributed by atoms with Crippen LogP contribution in [0.1, 0.15) is 23.3 Å². The topological polar surface area (TPSA) is 142 Å². The first-order valence-corrected chi connectivity index (χ1v) is 15.2. The molecule has 7 N–H and O–H groups in total. The average Bonchev–Trinajstić information content (AvgIpc) is 3.80. The van der Waals surface area contributed by atoms with Crippen LogP contribution in [0.2, 0.25) is 0 Å². The fourth-order valence-electron chi connectivity index (χ4n) is 3.57. The summed E-state index contributed by atoms with van der Waals surface area (Å²) in [6.07, 6.45) is 10.4. The van der Waals surface area contributed by atoms with E-state index in [1.807, 2.05) is 24.3 Å². The summed E-state index contributed by atoms with van der Waals surface area (Å²) in [6, 6.07) is 7.33. The van der Waals surface area contributed by atoms with Crippen molar-refractivity contribution in [3.05, 3.63) is 78.9 Å². The minimum Gasteiger partial charge on any atom is -0.494 e. The van der Waals surface area contributed by atoms with E-state index in [2.05, 4.69) is 63.5 Å². The second-order valence-electron chi connectivity index (χ2n) is 9.47. The number of anilines is 1. The summed E-state index contributed by atoms with van der Waals surface area (Å²) in [7, 11) is 8.91. The molecule has 0 spiro atoms. The van der Waals surface area contributed by atoms with Crippen LogP contribution < -0.4 is 32.0 Å². The fraction of sp³-hybridized carbons (Fsp3) is 0.419. The predicted molar refractivity (Wildman–Crippen MR) is 181 cm³/mol. The number of nitrogens with zero attached hydrogens (tertiary/aromatic N) is 3. The summed E-state index contributed by atoms with van der Waals surface area (Å²) >= 11 is 2.06. The number of benzene rings is 1. The molecule has 12 heteroatoms. The molecule has 43 heavy (non-hydrogen) atoms. The summed E-state index contributed by atoms with van der Waals surface area (Å²) in [6.45, 7) is 10.1. The number of nitrogens with one attached hydrogen (secondary N) is 4. The zero-order chi connectivity index (χ0) is 32.0. The molecule has 0 atom stereocenters. The maximum absolute atomic E-state index is 11.1. The second kappa shape index (κ2) is 22.1. The maximum atomic E-state index is 11.1. The van der Waals surface area contributed by atoms with Gasteiger partial charge in [0.25, 0.3) is 0 Å². The SMILES string of the molecule is C=C/C(NNC)=C(/C=C\N)Nc1cccc(-c2cc(C=O)n(C)n2)c1OC.C=CC1CC1.CN1CCSCC1.CNCO. The molecule has 2 heterocycles. The van der Waals surface area contributed by atoms with Gasteiger partial charge in [-0.25, -0.2) is 5.43 Å². The third-order valence-corrected chi connectivity index (χ3v) is 7.11. The number of thioether (sulfide) groups is 1. The van der Waals surface area contributed by atoms with Crippen LogP contribution in [0.15, 0.2) is 73.2 Å². The molecule has 0 unspecified atom stereocenters. The van der Waals surface area contributed by atoms with Gasteiger partial charge in [0, 0.05) is 44.3 Å². The van der Waals surface area contributed by atoms with Crippen molar-refractivity contribution >= 4 is 23.7 Å². The zero-order valence-corrected chi connectivity index (χ0v) is 27.0. The van der Waals surface area contributed by atoms with Gasteiger partial charge in [0.2, 0.25) is 0 Å². The van der Waals surface area contributed by atoms with Gasteiger partial charge in [-0.1, -0.05) is 18.7 Å². The van der Waals surface area contributed by atoms with Crippen LogP contribution in [0.3, 0.4) is 0 Å². The molecule has 238 valence electrons. The van der Waals surface area contributed by atoms with Crippen molar-refractivity contribution in [2.75, 3.05) is 64.9 Å². The van der Waals surface area contributed by atoms with Gasteiger partial charge in [-0.2, -0.15) is 16.9 Å². The highest BCUT2D eigenvalue weighted by Gasteiger charge is 2.16. The first-order chi connectivity index (χ1) is 20.8. The molecule has 2 aliphatic rings. The number of nitrogens with two attached hydrogens (primary N) is 1. The van der Waals surface area contributed by atoms with E-state index < -0.39 is 0 Å². The quantitative estimate of drug-likeness (QED) is 0.0730. The predicted octanol–water partition coefficient (Wildman–Crippen LogP) is 3.32. The number of aldehydes is 1. The van der Waals surface area contributed by atoms with Crippen molar-refractivity contribution in [2.45, 2.75) is 12.8 Å². The Hall–Kier alpha value is -3.55. The summed E-state index contributed by atoms with van der Waals surface area (Å²) in [4.78, 5) is 13.5. The number of ether oxygens (including phenoxy) is 1. The van der Waals surface area contributed by atoms with Crippen LogP contribution in [0.5, 0.6) is 5.75 Å². The highest BCUT2D eigenvalue weighted by molar-refractivity contribution is 7.99. The Morgan fingerprint density at radius 2 is 1.88 bits per heavy atom. The Morgan fingerprint density at radius 1 is 1.21 bits per heavy atom. The van der Waals surface area contributed by atoms with Gasteiger partial charge in [-0.05, 0) is 69.4 Å². The summed E-state index contributed by atoms with van der Waals surface area (Å²) in [5, 5.41) is 17.9. The number of allylic oxidation sites excluding steroid dienone is 3. The monoisotopic (exact) mass is 614 g/mol. The standard InChI is InChI=1S/C19H24N6O2.C5H11NS.C5H8.C2H7NO/c1-5-15(23-21-2)16(9-10-20)22-17-8-6-7-14(19(17)27-4)18-11-13(12-26)25(3)24-18;1-6-2-4-7-5-3-6;1-2-5-3-4-5;1-3-2-4/h5-12,21-23H,1,20H2,2-4H3;2-5H2,1H3;2,5H,1,3-4H2;3-4H,2H2,1H3/b10-9-,16-15+;;;. The van der Waals surface area contributed by atoms with Gasteiger partial charge in [-0.15, -0.1) is 6.58 Å². The molecule has 2 fully saturated rings. The van der Waals surface area contributed by atoms with Gasteiger partial charge >= 0.3 is 0 Å². The van der Waals surface area contributed by atoms with Gasteiger partial charge < -0.3 is 31.2 Å². The van der Waals surface area contributed by atoms with Crippen LogP contribution in [0.4, 0.5) is 5.69 Å². The van der Waals surface area contributed by atoms with E-state index in [0.717, 1.165) is 17.8 Å². The molecule has 1 aromatic heterocycles. The van der Waals surface area contributed by atoms with Gasteiger partial charge in [0.05, 0.1) is 36.6 Å². The Bertz CT molecular complexity index is 1170. The number of hydrazine groups is 1. The van der Waals surface area contributed by atoms with Gasteiger partial charge in [0.1, 0.15) is 5.69 Å². The van der Waals surface area contributed by atoms with Gasteiger partial charge in [-0.3, -0.25) is 14.8 Å². The minimum absolute atomic E-state index is 0.0694. The summed E-state index contributed by atoms with van der Waals surface area (Å²) in [5.74, 6) is 4.14. The molecule has 11 nitrogen and oxygen atoms in total. The number of para-hydroxylation sites is 1. The number of carbonyl (C=O) groups excluding carboxylic acids is 1. The third-order valence-electron chi connectivity index (χ3n) is 6.17. The van der Waals surface area contributed by atoms with E-state index in [1.54, 1.807) is 46.5 Å². The molecule has 4 rings (SSSR count). The number of carbonyl (C=O) groups is 1. The highest BCUT2D eigenvalue weighted by atomic mass is 32.2. The lowest BCUT2D eigenvalue weighted by Gasteiger charge is -2.20. The Balaban J connectivity index is 0.000000463. The minimum atomic E-state index is 0.0694. The van der Waals surface area contributed by atoms with Crippen LogP contribution >= 0.6 is 11.8 Å². The van der Waals surface area contributed by atoms with Crippen molar-refractivity contribution in [1.29, 1.82) is 0 Å². The first-order valence-electron chi connectivity index (χ1n) is 14.1. The zero-order valence-electron chi connectivity index (χ0n) is 26.2. The maximum Gasteiger partial charge on any atom is 0.168 e. The molecule has 0 radical (unpaired) electrons. The smallest absolute Gasteiger partial charge is 0.168 e. The lowest BCUT2D eigenvalue weighted by atomic mass is 10.1. The number of rotatable bonds is 11. The number of hydrogen-bond acceptors (Lipinski definition) is 11. The number of methoxy groups -OCH3 is 1. The Morgan fingerprint density at radius 3 is 2.28 bits per heavy atom. The number of hydrogen-bond donors (Lipinski definition) is 6. The Kier molecular flexibility index (Phi) is 19.2. The third kappa shape index (κ3) is 14.0. The molecule has 1 aliphatic carbocycles. The molecule has 1 aromatic carbocycles. The van der Waals surface area contributed by atoms with E-state index >= 15 is 0 Å². The second-order valence-corrected chi connectivity index (χ2v) is 10.7. The van der Waals surface area contributed by atoms with Crippen molar-refractivity contribution in [3.8, 4) is 17.0 Å². The molecule has 1 saturated heterocycles. The number of aliphatic hydroxyl groups excluding tert-OH is 1. The lowest BCUT2D eigenvalue weighted by molar-refractivity contribution is 0.111. The van der Waals surface area contributed by atoms with Crippen LogP contribution in [0.25, 0.3) is 11.3 Å². The molecule has 1 saturated carbocycles. The van der Waals surface area contributed by atoms with Crippen molar-refractivity contribution < 1.29 is 14.6 Å². The molecular formula is C31H50N8O3S. The van der Waals surface area contributed by atoms with E-state index in [4.69, 9.17) is 15.6 Å². The largest absolute Gasteiger partial charge is 0.494 e. The molecule has 1 aliphatic heterocycles. The fourth-order valence-corrected chi connectivity index (χ4v) is 4.66. The molecule has 2 aromatic rings. The van der Waals surface area contributed by atoms with Gasteiger partial charge in [0.15, 0.2) is 12.0 Å². The van der Waals surface area contributed by atoms with E-state index in [0.29, 0.717) is 34.2 Å². The van der Waals surface area contributed by atoms with E-state index in [-0.39, 0.29) is 6.73 Å². The highest BCUT2D eigenvalue weighted by Crippen LogP contribution is 2.36. The van der Waals surface area contributed by atoms with E-state index in [1.165, 1.54) is 48.3 Å². The van der Waals surface area contributed by atoms with Crippen LogP contribution in [-0.2, 0) is 7.05 Å². The van der Waals surface area contributed by atoms with E-state index in [9.17, 15) is 4.79 Å². The van der Waals surface area contributed by atoms with Crippen molar-refractivity contribution in [3.63, 3.8) is 0 Å². The summed E-state index contributed by atoms with van der Waals surface area (Å²) in [5.41, 5.74) is 15.4. The first kappa shape index (κ1) is 37.5. The van der Waals surface area contributed by atoms with Crippen molar-refractivity contribution in [2.24, 2.45) is 18.7 Å². The summed E-state index contributed by atoms with van der Waals surface area (Å²) < 4.78 is 7.15. The molecule has 0 bridgehead atoms.